The van der Waals surface area contributed by atoms with E-state index in [9.17, 15) is 14.0 Å². The Morgan fingerprint density at radius 1 is 1.38 bits per heavy atom. The summed E-state index contributed by atoms with van der Waals surface area (Å²) in [5.41, 5.74) is 0. The van der Waals surface area contributed by atoms with Crippen molar-refractivity contribution in [3.63, 3.8) is 0 Å². The SMILES string of the molecule is CC(C(=O)O)N(CC(=O)N(C)CCOc1ccccc1F)C1CC1. The number of aliphatic carboxylic acids is 1. The molecule has 132 valence electrons. The standard InChI is InChI=1S/C17H23FN2O4/c1-12(17(22)23)20(13-7-8-13)11-16(21)19(2)9-10-24-15-6-4-3-5-14(15)18/h3-6,12-13H,7-11H2,1-2H3,(H,22,23). The molecule has 0 aliphatic heterocycles. The number of carbonyl (C=O) groups is 2. The van der Waals surface area contributed by atoms with Gasteiger partial charge >= 0.3 is 5.97 Å². The van der Waals surface area contributed by atoms with Crippen molar-refractivity contribution in [2.24, 2.45) is 0 Å². The molecule has 1 unspecified atom stereocenters. The molecule has 2 rings (SSSR count). The van der Waals surface area contributed by atoms with Gasteiger partial charge in [0.15, 0.2) is 11.6 Å². The van der Waals surface area contributed by atoms with Gasteiger partial charge in [-0.05, 0) is 31.9 Å². The summed E-state index contributed by atoms with van der Waals surface area (Å²) in [7, 11) is 1.63. The van der Waals surface area contributed by atoms with Crippen LogP contribution in [0.15, 0.2) is 24.3 Å². The molecule has 1 N–H and O–H groups in total. The number of halogens is 1. The number of carboxylic acids is 1. The van der Waals surface area contributed by atoms with Gasteiger partial charge in [-0.1, -0.05) is 12.1 Å². The second-order valence-corrected chi connectivity index (χ2v) is 6.01. The van der Waals surface area contributed by atoms with E-state index in [1.54, 1.807) is 31.0 Å². The fourth-order valence-electron chi connectivity index (χ4n) is 2.39. The number of benzene rings is 1. The minimum atomic E-state index is -0.930. The van der Waals surface area contributed by atoms with Gasteiger partial charge in [0.05, 0.1) is 13.1 Å². The highest BCUT2D eigenvalue weighted by atomic mass is 19.1. The first-order valence-electron chi connectivity index (χ1n) is 8.00. The summed E-state index contributed by atoms with van der Waals surface area (Å²) < 4.78 is 18.8. The maximum atomic E-state index is 13.4. The first-order valence-corrected chi connectivity index (χ1v) is 8.00. The third-order valence-electron chi connectivity index (χ3n) is 4.14. The minimum Gasteiger partial charge on any atom is -0.489 e. The van der Waals surface area contributed by atoms with Crippen molar-refractivity contribution >= 4 is 11.9 Å². The van der Waals surface area contributed by atoms with E-state index < -0.39 is 17.8 Å². The zero-order valence-electron chi connectivity index (χ0n) is 13.9. The van der Waals surface area contributed by atoms with Gasteiger partial charge < -0.3 is 14.7 Å². The molecular weight excluding hydrogens is 315 g/mol. The van der Waals surface area contributed by atoms with Crippen LogP contribution < -0.4 is 4.74 Å². The molecule has 1 saturated carbocycles. The van der Waals surface area contributed by atoms with Gasteiger partial charge in [-0.3, -0.25) is 14.5 Å². The highest BCUT2D eigenvalue weighted by Crippen LogP contribution is 2.28. The van der Waals surface area contributed by atoms with Crippen molar-refractivity contribution in [3.05, 3.63) is 30.1 Å². The number of nitrogens with zero attached hydrogens (tertiary/aromatic N) is 2. The van der Waals surface area contributed by atoms with Crippen LogP contribution in [0.3, 0.4) is 0 Å². The highest BCUT2D eigenvalue weighted by Gasteiger charge is 2.36. The van der Waals surface area contributed by atoms with Crippen LogP contribution in [-0.2, 0) is 9.59 Å². The van der Waals surface area contributed by atoms with E-state index in [0.29, 0.717) is 6.54 Å². The zero-order chi connectivity index (χ0) is 17.7. The van der Waals surface area contributed by atoms with E-state index in [-0.39, 0.29) is 30.9 Å². The summed E-state index contributed by atoms with van der Waals surface area (Å²) in [6, 6.07) is 5.57. The first kappa shape index (κ1) is 18.2. The van der Waals surface area contributed by atoms with Gasteiger partial charge in [0.25, 0.3) is 0 Å². The fourth-order valence-corrected chi connectivity index (χ4v) is 2.39. The lowest BCUT2D eigenvalue weighted by atomic mass is 10.2. The molecule has 7 heteroatoms. The lowest BCUT2D eigenvalue weighted by Gasteiger charge is -2.27. The summed E-state index contributed by atoms with van der Waals surface area (Å²) in [6.45, 7) is 2.12. The number of likely N-dealkylation sites (N-methyl/N-ethyl adjacent to an activating group) is 1. The molecule has 0 bridgehead atoms. The molecule has 1 amide bonds. The van der Waals surface area contributed by atoms with Crippen LogP contribution in [-0.4, -0.2) is 65.6 Å². The molecule has 1 atom stereocenters. The normalized spacial score (nSPS) is 15.2. The number of rotatable bonds is 9. The minimum absolute atomic E-state index is 0.0638. The molecule has 0 aromatic heterocycles. The summed E-state index contributed by atoms with van der Waals surface area (Å²) in [6.07, 6.45) is 1.84. The van der Waals surface area contributed by atoms with Gasteiger partial charge in [0.1, 0.15) is 12.6 Å². The van der Waals surface area contributed by atoms with Crippen LogP contribution >= 0.6 is 0 Å². The Balaban J connectivity index is 1.81. The van der Waals surface area contributed by atoms with Crippen LogP contribution in [0, 0.1) is 5.82 Å². The predicted octanol–water partition coefficient (Wildman–Crippen LogP) is 1.60. The average molecular weight is 338 g/mol. The van der Waals surface area contributed by atoms with Gasteiger partial charge in [0.2, 0.25) is 5.91 Å². The molecule has 1 aromatic carbocycles. The van der Waals surface area contributed by atoms with Gasteiger partial charge in [-0.2, -0.15) is 0 Å². The molecule has 6 nitrogen and oxygen atoms in total. The predicted molar refractivity (Wildman–Crippen MR) is 86.4 cm³/mol. The lowest BCUT2D eigenvalue weighted by molar-refractivity contribution is -0.144. The Labute approximate surface area is 140 Å². The molecule has 0 radical (unpaired) electrons. The van der Waals surface area contributed by atoms with Gasteiger partial charge in [-0.15, -0.1) is 0 Å². The van der Waals surface area contributed by atoms with Crippen molar-refractivity contribution in [1.29, 1.82) is 0 Å². The van der Waals surface area contributed by atoms with Gasteiger partial charge in [-0.25, -0.2) is 4.39 Å². The number of ether oxygens (including phenoxy) is 1. The Hall–Kier alpha value is -2.15. The van der Waals surface area contributed by atoms with Crippen molar-refractivity contribution in [1.82, 2.24) is 9.80 Å². The maximum absolute atomic E-state index is 13.4. The van der Waals surface area contributed by atoms with Crippen LogP contribution in [0.4, 0.5) is 4.39 Å². The molecular formula is C17H23FN2O4. The lowest BCUT2D eigenvalue weighted by Crippen LogP contribution is -2.47. The summed E-state index contributed by atoms with van der Waals surface area (Å²) in [5.74, 6) is -1.40. The Morgan fingerprint density at radius 2 is 2.04 bits per heavy atom. The zero-order valence-corrected chi connectivity index (χ0v) is 13.9. The van der Waals surface area contributed by atoms with Crippen molar-refractivity contribution in [3.8, 4) is 5.75 Å². The number of hydrogen-bond donors (Lipinski definition) is 1. The van der Waals surface area contributed by atoms with E-state index in [2.05, 4.69) is 0 Å². The average Bonchev–Trinajstić information content (AvgIpc) is 3.38. The second kappa shape index (κ2) is 8.10. The molecule has 0 saturated heterocycles. The highest BCUT2D eigenvalue weighted by molar-refractivity contribution is 5.80. The fraction of sp³-hybridized carbons (Fsp3) is 0.529. The third-order valence-corrected chi connectivity index (χ3v) is 4.14. The quantitative estimate of drug-likeness (QED) is 0.741. The van der Waals surface area contributed by atoms with E-state index >= 15 is 0 Å². The smallest absolute Gasteiger partial charge is 0.320 e. The number of amides is 1. The van der Waals surface area contributed by atoms with Crippen LogP contribution in [0.25, 0.3) is 0 Å². The summed E-state index contributed by atoms with van der Waals surface area (Å²) in [4.78, 5) is 26.6. The molecule has 1 aromatic rings. The van der Waals surface area contributed by atoms with Crippen molar-refractivity contribution in [2.75, 3.05) is 26.7 Å². The number of carboxylic acid groups (broad SMARTS) is 1. The van der Waals surface area contributed by atoms with E-state index in [0.717, 1.165) is 12.8 Å². The largest absolute Gasteiger partial charge is 0.489 e. The first-order chi connectivity index (χ1) is 11.4. The second-order valence-electron chi connectivity index (χ2n) is 6.01. The van der Waals surface area contributed by atoms with Gasteiger partial charge in [0, 0.05) is 13.1 Å². The molecule has 1 aliphatic carbocycles. The Bertz CT molecular complexity index is 592. The van der Waals surface area contributed by atoms with Crippen LogP contribution in [0.5, 0.6) is 5.75 Å². The number of para-hydroxylation sites is 1. The van der Waals surface area contributed by atoms with E-state index in [1.807, 2.05) is 0 Å². The van der Waals surface area contributed by atoms with E-state index in [4.69, 9.17) is 9.84 Å². The van der Waals surface area contributed by atoms with E-state index in [1.165, 1.54) is 17.0 Å². The number of hydrogen-bond acceptors (Lipinski definition) is 4. The summed E-state index contributed by atoms with van der Waals surface area (Å²) >= 11 is 0. The number of carbonyl (C=O) groups excluding carboxylic acids is 1. The molecule has 1 fully saturated rings. The third kappa shape index (κ3) is 4.92. The summed E-state index contributed by atoms with van der Waals surface area (Å²) in [5, 5.41) is 9.15. The van der Waals surface area contributed by atoms with Crippen LogP contribution in [0.1, 0.15) is 19.8 Å². The van der Waals surface area contributed by atoms with Crippen molar-refractivity contribution in [2.45, 2.75) is 31.8 Å². The Morgan fingerprint density at radius 3 is 2.62 bits per heavy atom. The molecule has 24 heavy (non-hydrogen) atoms. The molecule has 0 spiro atoms. The monoisotopic (exact) mass is 338 g/mol. The Kier molecular flexibility index (Phi) is 6.14. The molecule has 0 heterocycles. The van der Waals surface area contributed by atoms with Crippen molar-refractivity contribution < 1.29 is 23.8 Å². The topological polar surface area (TPSA) is 70.1 Å². The maximum Gasteiger partial charge on any atom is 0.320 e. The molecule has 1 aliphatic rings. The van der Waals surface area contributed by atoms with Crippen LogP contribution in [0.2, 0.25) is 0 Å².